The van der Waals surface area contributed by atoms with Gasteiger partial charge >= 0.3 is 0 Å². The van der Waals surface area contributed by atoms with Gasteiger partial charge in [0.25, 0.3) is 5.69 Å². The fraction of sp³-hybridized carbons (Fsp3) is 0.462. The Morgan fingerprint density at radius 2 is 1.96 bits per heavy atom. The summed E-state index contributed by atoms with van der Waals surface area (Å²) in [6.45, 7) is 1.32. The molecule has 1 saturated heterocycles. The first-order chi connectivity index (χ1) is 10.9. The molecule has 0 unspecified atom stereocenters. The molecule has 1 aliphatic rings. The Balaban J connectivity index is 1.97. The van der Waals surface area contributed by atoms with Gasteiger partial charge in [0.15, 0.2) is 0 Å². The molecule has 1 amide bonds. The normalized spacial score (nSPS) is 15.4. The summed E-state index contributed by atoms with van der Waals surface area (Å²) in [5.41, 5.74) is -0.193. The fourth-order valence-corrected chi connectivity index (χ4v) is 3.26. The van der Waals surface area contributed by atoms with Gasteiger partial charge in [-0.15, -0.1) is 0 Å². The van der Waals surface area contributed by atoms with Crippen LogP contribution in [0, 0.1) is 10.1 Å². The predicted octanol–water partition coefficient (Wildman–Crippen LogP) is -0.127. The maximum Gasteiger partial charge on any atom is 0.273 e. The van der Waals surface area contributed by atoms with Crippen molar-refractivity contribution in [2.24, 2.45) is 0 Å². The first-order valence-electron chi connectivity index (χ1n) is 6.94. The molecule has 126 valence electrons. The van der Waals surface area contributed by atoms with Crippen molar-refractivity contribution < 1.29 is 22.9 Å². The molecule has 1 heterocycles. The molecule has 1 N–H and O–H groups in total. The molecule has 10 heteroatoms. The van der Waals surface area contributed by atoms with E-state index in [4.69, 9.17) is 4.74 Å². The van der Waals surface area contributed by atoms with Crippen LogP contribution in [0.4, 0.5) is 5.69 Å². The Bertz CT molecular complexity index is 685. The molecule has 1 aromatic carbocycles. The molecule has 2 rings (SSSR count). The minimum Gasteiger partial charge on any atom is -0.378 e. The van der Waals surface area contributed by atoms with Crippen LogP contribution in [0.1, 0.15) is 5.56 Å². The number of nitro benzene ring substituents is 1. The van der Waals surface area contributed by atoms with E-state index in [9.17, 15) is 23.3 Å². The van der Waals surface area contributed by atoms with Crippen LogP contribution in [0.15, 0.2) is 24.3 Å². The number of nitro groups is 1. The van der Waals surface area contributed by atoms with Gasteiger partial charge in [-0.25, -0.2) is 13.1 Å². The zero-order valence-electron chi connectivity index (χ0n) is 12.3. The van der Waals surface area contributed by atoms with Crippen molar-refractivity contribution in [2.75, 3.05) is 32.8 Å². The largest absolute Gasteiger partial charge is 0.378 e. The van der Waals surface area contributed by atoms with Gasteiger partial charge in [0.1, 0.15) is 0 Å². The minimum atomic E-state index is -3.86. The van der Waals surface area contributed by atoms with Crippen LogP contribution in [0.25, 0.3) is 0 Å². The highest BCUT2D eigenvalue weighted by Crippen LogP contribution is 2.19. The Morgan fingerprint density at radius 1 is 1.30 bits per heavy atom. The number of sulfonamides is 1. The first-order valence-corrected chi connectivity index (χ1v) is 8.59. The Labute approximate surface area is 133 Å². The maximum atomic E-state index is 12.0. The van der Waals surface area contributed by atoms with E-state index < -0.39 is 20.7 Å². The van der Waals surface area contributed by atoms with Gasteiger partial charge in [-0.3, -0.25) is 14.9 Å². The topological polar surface area (TPSA) is 119 Å². The second-order valence-corrected chi connectivity index (χ2v) is 6.77. The third-order valence-corrected chi connectivity index (χ3v) is 4.62. The van der Waals surface area contributed by atoms with E-state index in [-0.39, 0.29) is 23.7 Å². The summed E-state index contributed by atoms with van der Waals surface area (Å²) in [6, 6.07) is 5.60. The Kier molecular flexibility index (Phi) is 5.64. The van der Waals surface area contributed by atoms with Crippen LogP contribution < -0.4 is 4.72 Å². The summed E-state index contributed by atoms with van der Waals surface area (Å²) in [5.74, 6) is -0.903. The highest BCUT2D eigenvalue weighted by atomic mass is 32.2. The lowest BCUT2D eigenvalue weighted by Crippen LogP contribution is -2.45. The highest BCUT2D eigenvalue weighted by molar-refractivity contribution is 7.88. The third kappa shape index (κ3) is 4.98. The number of hydrogen-bond donors (Lipinski definition) is 1. The van der Waals surface area contributed by atoms with Crippen molar-refractivity contribution in [2.45, 2.75) is 5.75 Å². The number of benzene rings is 1. The minimum absolute atomic E-state index is 0.0730. The molecular weight excluding hydrogens is 326 g/mol. The number of rotatable bonds is 6. The number of amides is 1. The van der Waals surface area contributed by atoms with Crippen molar-refractivity contribution in [3.63, 3.8) is 0 Å². The molecule has 0 aromatic heterocycles. The van der Waals surface area contributed by atoms with Gasteiger partial charge in [0, 0.05) is 24.7 Å². The van der Waals surface area contributed by atoms with Crippen LogP contribution in [0.5, 0.6) is 0 Å². The van der Waals surface area contributed by atoms with Crippen LogP contribution >= 0.6 is 0 Å². The predicted molar refractivity (Wildman–Crippen MR) is 81.1 cm³/mol. The van der Waals surface area contributed by atoms with Gasteiger partial charge in [-0.1, -0.05) is 18.2 Å². The molecule has 1 aliphatic heterocycles. The van der Waals surface area contributed by atoms with Gasteiger partial charge in [-0.2, -0.15) is 0 Å². The SMILES string of the molecule is O=C(CNS(=O)(=O)Cc1ccccc1[N+](=O)[O-])N1CCOCC1. The van der Waals surface area contributed by atoms with Crippen molar-refractivity contribution in [3.05, 3.63) is 39.9 Å². The highest BCUT2D eigenvalue weighted by Gasteiger charge is 2.22. The number of nitrogens with zero attached hydrogens (tertiary/aromatic N) is 2. The van der Waals surface area contributed by atoms with E-state index in [1.165, 1.54) is 29.2 Å². The van der Waals surface area contributed by atoms with E-state index in [0.717, 1.165) is 0 Å². The zero-order valence-corrected chi connectivity index (χ0v) is 13.1. The monoisotopic (exact) mass is 343 g/mol. The number of ether oxygens (including phenoxy) is 1. The van der Waals surface area contributed by atoms with Crippen molar-refractivity contribution in [1.82, 2.24) is 9.62 Å². The Hall–Kier alpha value is -2.04. The van der Waals surface area contributed by atoms with Crippen molar-refractivity contribution >= 4 is 21.6 Å². The van der Waals surface area contributed by atoms with Crippen LogP contribution in [0.3, 0.4) is 0 Å². The summed E-state index contributed by atoms with van der Waals surface area (Å²) >= 11 is 0. The lowest BCUT2D eigenvalue weighted by molar-refractivity contribution is -0.385. The molecule has 0 bridgehead atoms. The molecule has 1 aromatic rings. The van der Waals surface area contributed by atoms with E-state index in [1.54, 1.807) is 0 Å². The maximum absolute atomic E-state index is 12.0. The number of para-hydroxylation sites is 1. The Morgan fingerprint density at radius 3 is 2.61 bits per heavy atom. The van der Waals surface area contributed by atoms with Gasteiger partial charge < -0.3 is 9.64 Å². The average Bonchev–Trinajstić information content (AvgIpc) is 2.53. The second kappa shape index (κ2) is 7.49. The van der Waals surface area contributed by atoms with Crippen LogP contribution in [-0.4, -0.2) is 57.0 Å². The van der Waals surface area contributed by atoms with E-state index >= 15 is 0 Å². The molecule has 23 heavy (non-hydrogen) atoms. The molecule has 0 spiro atoms. The smallest absolute Gasteiger partial charge is 0.273 e. The lowest BCUT2D eigenvalue weighted by atomic mass is 10.2. The summed E-state index contributed by atoms with van der Waals surface area (Å²) in [6.07, 6.45) is 0. The number of morpholine rings is 1. The van der Waals surface area contributed by atoms with E-state index in [0.29, 0.717) is 26.3 Å². The first kappa shape index (κ1) is 17.3. The quantitative estimate of drug-likeness (QED) is 0.568. The van der Waals surface area contributed by atoms with Crippen molar-refractivity contribution in [3.8, 4) is 0 Å². The number of carbonyl (C=O) groups excluding carboxylic acids is 1. The summed E-state index contributed by atoms with van der Waals surface area (Å²) in [7, 11) is -3.86. The van der Waals surface area contributed by atoms with Gasteiger partial charge in [-0.05, 0) is 0 Å². The van der Waals surface area contributed by atoms with Gasteiger partial charge in [0.2, 0.25) is 15.9 Å². The number of carbonyl (C=O) groups is 1. The second-order valence-electron chi connectivity index (χ2n) is 4.96. The number of hydrogen-bond acceptors (Lipinski definition) is 6. The van der Waals surface area contributed by atoms with Crippen molar-refractivity contribution in [1.29, 1.82) is 0 Å². The lowest BCUT2D eigenvalue weighted by Gasteiger charge is -2.26. The molecule has 1 fully saturated rings. The average molecular weight is 343 g/mol. The molecule has 9 nitrogen and oxygen atoms in total. The molecule has 0 aliphatic carbocycles. The zero-order chi connectivity index (χ0) is 16.9. The summed E-state index contributed by atoms with van der Waals surface area (Å²) in [4.78, 5) is 23.7. The standard InChI is InChI=1S/C13H17N3O6S/c17-13(15-5-7-22-8-6-15)9-14-23(20,21)10-11-3-1-2-4-12(11)16(18)19/h1-4,14H,5-10H2. The summed E-state index contributed by atoms with van der Waals surface area (Å²) < 4.78 is 31.4. The summed E-state index contributed by atoms with van der Waals surface area (Å²) in [5, 5.41) is 10.9. The molecule has 0 atom stereocenters. The van der Waals surface area contributed by atoms with E-state index in [2.05, 4.69) is 4.72 Å². The van der Waals surface area contributed by atoms with Crippen LogP contribution in [0.2, 0.25) is 0 Å². The fourth-order valence-electron chi connectivity index (χ4n) is 2.16. The van der Waals surface area contributed by atoms with E-state index in [1.807, 2.05) is 0 Å². The molecule has 0 saturated carbocycles. The molecule has 0 radical (unpaired) electrons. The number of nitrogens with one attached hydrogen (secondary N) is 1. The van der Waals surface area contributed by atoms with Gasteiger partial charge in [0.05, 0.1) is 30.4 Å². The van der Waals surface area contributed by atoms with Crippen LogP contribution in [-0.2, 0) is 25.3 Å². The molecular formula is C13H17N3O6S. The third-order valence-electron chi connectivity index (χ3n) is 3.34.